The van der Waals surface area contributed by atoms with E-state index in [1.54, 1.807) is 0 Å². The number of hydrogen-bond acceptors (Lipinski definition) is 3. The Bertz CT molecular complexity index is 443. The maximum absolute atomic E-state index is 4.55. The van der Waals surface area contributed by atoms with Gasteiger partial charge in [-0.2, -0.15) is 0 Å². The first kappa shape index (κ1) is 13.0. The molecule has 0 aliphatic carbocycles. The molecule has 0 saturated heterocycles. The van der Waals surface area contributed by atoms with Crippen LogP contribution in [0.15, 0.2) is 27.7 Å². The Hall–Kier alpha value is -0.480. The third kappa shape index (κ3) is 3.26. The van der Waals surface area contributed by atoms with Crippen molar-refractivity contribution in [3.63, 3.8) is 0 Å². The van der Waals surface area contributed by atoms with Crippen LogP contribution in [-0.2, 0) is 0 Å². The van der Waals surface area contributed by atoms with E-state index in [2.05, 4.69) is 65.2 Å². The lowest BCUT2D eigenvalue weighted by Crippen LogP contribution is -2.13. The lowest BCUT2D eigenvalue weighted by molar-refractivity contribution is 0.621. The number of nitrogens with one attached hydrogen (secondary N) is 1. The number of anilines is 1. The van der Waals surface area contributed by atoms with Crippen molar-refractivity contribution in [2.24, 2.45) is 10.9 Å². The molecule has 0 fully saturated rings. The summed E-state index contributed by atoms with van der Waals surface area (Å²) in [5, 5.41) is 5.05. The van der Waals surface area contributed by atoms with Crippen LogP contribution in [0, 0.1) is 12.8 Å². The second kappa shape index (κ2) is 5.44. The van der Waals surface area contributed by atoms with Crippen LogP contribution in [0.5, 0.6) is 0 Å². The number of rotatable bonds is 2. The monoisotopic (exact) mass is 312 g/mol. The first-order valence-electron chi connectivity index (χ1n) is 5.80. The molecule has 1 aliphatic rings. The molecular formula is C13H17BrN2S. The van der Waals surface area contributed by atoms with E-state index in [0.717, 1.165) is 21.9 Å². The molecule has 1 unspecified atom stereocenters. The van der Waals surface area contributed by atoms with E-state index in [0.29, 0.717) is 11.2 Å². The van der Waals surface area contributed by atoms with Gasteiger partial charge >= 0.3 is 0 Å². The molecule has 0 saturated carbocycles. The average Bonchev–Trinajstić information content (AvgIpc) is 2.72. The van der Waals surface area contributed by atoms with Gasteiger partial charge in [-0.1, -0.05) is 31.7 Å². The standard InChI is InChI=1S/C13H17BrN2S/c1-8(2)12-7-15-13(17-12)16-11-6-9(3)4-5-10(11)14/h4-6,8,12H,7H2,1-3H3,(H,15,16). The number of halogens is 1. The van der Waals surface area contributed by atoms with Gasteiger partial charge in [0.05, 0.1) is 12.2 Å². The first-order valence-corrected chi connectivity index (χ1v) is 7.48. The minimum absolute atomic E-state index is 0.612. The molecule has 4 heteroatoms. The second-order valence-corrected chi connectivity index (χ2v) is 6.74. The van der Waals surface area contributed by atoms with Crippen LogP contribution in [0.3, 0.4) is 0 Å². The molecule has 17 heavy (non-hydrogen) atoms. The predicted molar refractivity (Wildman–Crippen MR) is 81.0 cm³/mol. The number of amidine groups is 1. The highest BCUT2D eigenvalue weighted by atomic mass is 79.9. The van der Waals surface area contributed by atoms with Crippen molar-refractivity contribution in [2.45, 2.75) is 26.0 Å². The van der Waals surface area contributed by atoms with Gasteiger partial charge in [0.15, 0.2) is 5.17 Å². The van der Waals surface area contributed by atoms with E-state index >= 15 is 0 Å². The Morgan fingerprint density at radius 2 is 2.24 bits per heavy atom. The summed E-state index contributed by atoms with van der Waals surface area (Å²) in [4.78, 5) is 4.55. The second-order valence-electron chi connectivity index (χ2n) is 4.65. The molecular weight excluding hydrogens is 296 g/mol. The molecule has 1 N–H and O–H groups in total. The van der Waals surface area contributed by atoms with Gasteiger partial charge in [-0.05, 0) is 46.5 Å². The van der Waals surface area contributed by atoms with E-state index in [1.165, 1.54) is 5.56 Å². The van der Waals surface area contributed by atoms with E-state index in [9.17, 15) is 0 Å². The summed E-state index contributed by atoms with van der Waals surface area (Å²) in [5.41, 5.74) is 2.35. The lowest BCUT2D eigenvalue weighted by Gasteiger charge is -2.13. The summed E-state index contributed by atoms with van der Waals surface area (Å²) in [7, 11) is 0. The van der Waals surface area contributed by atoms with Crippen LogP contribution in [0.4, 0.5) is 5.69 Å². The highest BCUT2D eigenvalue weighted by Gasteiger charge is 2.22. The Kier molecular flexibility index (Phi) is 4.15. The van der Waals surface area contributed by atoms with Crippen molar-refractivity contribution in [3.05, 3.63) is 28.2 Å². The zero-order chi connectivity index (χ0) is 12.4. The van der Waals surface area contributed by atoms with Gasteiger partial charge in [-0.3, -0.25) is 4.99 Å². The van der Waals surface area contributed by atoms with Crippen LogP contribution >= 0.6 is 27.7 Å². The van der Waals surface area contributed by atoms with Crippen LogP contribution in [-0.4, -0.2) is 17.0 Å². The fraction of sp³-hybridized carbons (Fsp3) is 0.462. The largest absolute Gasteiger partial charge is 0.334 e. The predicted octanol–water partition coefficient (Wildman–Crippen LogP) is 4.30. The molecule has 92 valence electrons. The summed E-state index contributed by atoms with van der Waals surface area (Å²) in [5.74, 6) is 0.670. The molecule has 2 nitrogen and oxygen atoms in total. The summed E-state index contributed by atoms with van der Waals surface area (Å²) < 4.78 is 1.08. The minimum atomic E-state index is 0.612. The lowest BCUT2D eigenvalue weighted by atomic mass is 10.1. The van der Waals surface area contributed by atoms with E-state index < -0.39 is 0 Å². The first-order chi connectivity index (χ1) is 8.06. The summed E-state index contributed by atoms with van der Waals surface area (Å²) in [6.07, 6.45) is 0. The van der Waals surface area contributed by atoms with Gasteiger partial charge in [-0.15, -0.1) is 0 Å². The molecule has 0 spiro atoms. The molecule has 1 aromatic rings. The molecule has 0 amide bonds. The van der Waals surface area contributed by atoms with Crippen LogP contribution in [0.1, 0.15) is 19.4 Å². The SMILES string of the molecule is Cc1ccc(Br)c(NC2=NCC(C(C)C)S2)c1. The Morgan fingerprint density at radius 3 is 2.88 bits per heavy atom. The number of benzene rings is 1. The number of aliphatic imine (C=N–C) groups is 1. The van der Waals surface area contributed by atoms with Gasteiger partial charge in [-0.25, -0.2) is 0 Å². The minimum Gasteiger partial charge on any atom is -0.334 e. The quantitative estimate of drug-likeness (QED) is 0.880. The summed E-state index contributed by atoms with van der Waals surface area (Å²) in [6.45, 7) is 7.52. The van der Waals surface area contributed by atoms with Crippen molar-refractivity contribution in [2.75, 3.05) is 11.9 Å². The molecule has 1 aliphatic heterocycles. The number of aryl methyl sites for hydroxylation is 1. The van der Waals surface area contributed by atoms with E-state index in [4.69, 9.17) is 0 Å². The topological polar surface area (TPSA) is 24.4 Å². The Balaban J connectivity index is 2.05. The van der Waals surface area contributed by atoms with Gasteiger partial charge < -0.3 is 5.32 Å². The molecule has 0 bridgehead atoms. The van der Waals surface area contributed by atoms with Crippen molar-refractivity contribution in [1.82, 2.24) is 0 Å². The zero-order valence-electron chi connectivity index (χ0n) is 10.3. The average molecular weight is 313 g/mol. The fourth-order valence-corrected chi connectivity index (χ4v) is 3.03. The van der Waals surface area contributed by atoms with E-state index in [-0.39, 0.29) is 0 Å². The maximum Gasteiger partial charge on any atom is 0.161 e. The van der Waals surface area contributed by atoms with E-state index in [1.807, 2.05) is 11.8 Å². The van der Waals surface area contributed by atoms with Gasteiger partial charge in [0.2, 0.25) is 0 Å². The smallest absolute Gasteiger partial charge is 0.161 e. The van der Waals surface area contributed by atoms with Crippen LogP contribution in [0.2, 0.25) is 0 Å². The molecule has 1 atom stereocenters. The normalized spacial score (nSPS) is 19.6. The third-order valence-corrected chi connectivity index (χ3v) is 4.93. The van der Waals surface area contributed by atoms with Gasteiger partial charge in [0, 0.05) is 9.72 Å². The van der Waals surface area contributed by atoms with Crippen molar-refractivity contribution in [3.8, 4) is 0 Å². The number of hydrogen-bond donors (Lipinski definition) is 1. The van der Waals surface area contributed by atoms with Gasteiger partial charge in [0.25, 0.3) is 0 Å². The van der Waals surface area contributed by atoms with Crippen LogP contribution < -0.4 is 5.32 Å². The van der Waals surface area contributed by atoms with Crippen molar-refractivity contribution in [1.29, 1.82) is 0 Å². The highest BCUT2D eigenvalue weighted by Crippen LogP contribution is 2.30. The summed E-state index contributed by atoms with van der Waals surface area (Å²) in [6, 6.07) is 6.30. The fourth-order valence-electron chi connectivity index (χ4n) is 1.66. The molecule has 0 aromatic heterocycles. The third-order valence-electron chi connectivity index (χ3n) is 2.78. The molecule has 0 radical (unpaired) electrons. The Morgan fingerprint density at radius 1 is 1.47 bits per heavy atom. The molecule has 2 rings (SSSR count). The number of nitrogens with zero attached hydrogens (tertiary/aromatic N) is 1. The molecule has 1 heterocycles. The molecule has 1 aromatic carbocycles. The maximum atomic E-state index is 4.55. The van der Waals surface area contributed by atoms with Crippen LogP contribution in [0.25, 0.3) is 0 Å². The van der Waals surface area contributed by atoms with Crippen molar-refractivity contribution >= 4 is 38.5 Å². The van der Waals surface area contributed by atoms with Crippen molar-refractivity contribution < 1.29 is 0 Å². The summed E-state index contributed by atoms with van der Waals surface area (Å²) >= 11 is 5.40. The van der Waals surface area contributed by atoms with Gasteiger partial charge in [0.1, 0.15) is 0 Å². The highest BCUT2D eigenvalue weighted by molar-refractivity contribution is 9.10. The number of thioether (sulfide) groups is 1. The zero-order valence-corrected chi connectivity index (χ0v) is 12.7. The Labute approximate surface area is 115 Å².